The standard InChI is InChI=1S/C25H25F3N2O6/c1-13(9-11-19(31)36-18-7-5-4-6-17(18)25(26,27)28)8-10-15-21(30-24(29)33)20-16(12-35-23(20)32)14(2)22(15)34-3/h4-8H,9-12H2,1-3H3,(H3,29,30,33)/b13-8+. The number of nitrogens with one attached hydrogen (secondary N) is 1. The molecule has 0 unspecified atom stereocenters. The summed E-state index contributed by atoms with van der Waals surface area (Å²) >= 11 is 0. The molecule has 11 heteroatoms. The average Bonchev–Trinajstić information content (AvgIpc) is 3.19. The SMILES string of the molecule is COc1c(C)c2c(c(NC(N)=O)c1C/C=C(\C)CCC(=O)Oc1ccccc1C(F)(F)F)C(=O)OC2. The molecule has 2 aromatic carbocycles. The van der Waals surface area contributed by atoms with E-state index in [1.165, 1.54) is 19.2 Å². The predicted octanol–water partition coefficient (Wildman–Crippen LogP) is 5.06. The minimum Gasteiger partial charge on any atom is -0.496 e. The molecule has 1 heterocycles. The molecule has 36 heavy (non-hydrogen) atoms. The van der Waals surface area contributed by atoms with Gasteiger partial charge in [0.05, 0.1) is 23.9 Å². The van der Waals surface area contributed by atoms with Crippen LogP contribution in [-0.4, -0.2) is 25.1 Å². The summed E-state index contributed by atoms with van der Waals surface area (Å²) in [5.74, 6) is -1.51. The molecule has 1 aliphatic rings. The first kappa shape index (κ1) is 26.6. The number of hydrogen-bond donors (Lipinski definition) is 2. The maximum atomic E-state index is 13.1. The first-order valence-corrected chi connectivity index (χ1v) is 10.9. The number of hydrogen-bond acceptors (Lipinski definition) is 6. The Morgan fingerprint density at radius 1 is 1.22 bits per heavy atom. The van der Waals surface area contributed by atoms with Gasteiger partial charge in [0, 0.05) is 17.5 Å². The van der Waals surface area contributed by atoms with Crippen molar-refractivity contribution in [1.82, 2.24) is 0 Å². The molecule has 1 aliphatic heterocycles. The molecule has 2 amide bonds. The van der Waals surface area contributed by atoms with Crippen LogP contribution in [0.3, 0.4) is 0 Å². The number of allylic oxidation sites excluding steroid dienone is 2. The average molecular weight is 506 g/mol. The lowest BCUT2D eigenvalue weighted by atomic mass is 9.93. The predicted molar refractivity (Wildman–Crippen MR) is 124 cm³/mol. The number of fused-ring (bicyclic) bond motifs is 1. The highest BCUT2D eigenvalue weighted by Crippen LogP contribution is 2.41. The van der Waals surface area contributed by atoms with E-state index in [9.17, 15) is 27.6 Å². The monoisotopic (exact) mass is 506 g/mol. The fraction of sp³-hybridized carbons (Fsp3) is 0.320. The molecule has 192 valence electrons. The Morgan fingerprint density at radius 3 is 2.56 bits per heavy atom. The first-order chi connectivity index (χ1) is 16.9. The fourth-order valence-corrected chi connectivity index (χ4v) is 3.96. The second-order valence-electron chi connectivity index (χ2n) is 8.15. The van der Waals surface area contributed by atoms with Crippen molar-refractivity contribution in [3.05, 3.63) is 63.7 Å². The van der Waals surface area contributed by atoms with Gasteiger partial charge in [0.25, 0.3) is 0 Å². The molecule has 0 bridgehead atoms. The van der Waals surface area contributed by atoms with E-state index in [4.69, 9.17) is 19.9 Å². The summed E-state index contributed by atoms with van der Waals surface area (Å²) in [6.45, 7) is 3.54. The fourth-order valence-electron chi connectivity index (χ4n) is 3.96. The zero-order chi connectivity index (χ0) is 26.6. The number of carbonyl (C=O) groups excluding carboxylic acids is 3. The van der Waals surface area contributed by atoms with Crippen LogP contribution >= 0.6 is 0 Å². The molecular weight excluding hydrogens is 481 g/mol. The Balaban J connectivity index is 1.78. The minimum absolute atomic E-state index is 0.0402. The zero-order valence-electron chi connectivity index (χ0n) is 19.9. The van der Waals surface area contributed by atoms with Gasteiger partial charge in [-0.15, -0.1) is 0 Å². The number of urea groups is 1. The van der Waals surface area contributed by atoms with E-state index in [0.717, 1.165) is 17.7 Å². The maximum absolute atomic E-state index is 13.1. The number of cyclic esters (lactones) is 1. The van der Waals surface area contributed by atoms with Gasteiger partial charge in [-0.1, -0.05) is 23.8 Å². The Labute approximate surface area is 205 Å². The summed E-state index contributed by atoms with van der Waals surface area (Å²) in [4.78, 5) is 36.2. The summed E-state index contributed by atoms with van der Waals surface area (Å²) in [6, 6.07) is 3.62. The van der Waals surface area contributed by atoms with E-state index in [2.05, 4.69) is 5.32 Å². The Hall–Kier alpha value is -4.02. The first-order valence-electron chi connectivity index (χ1n) is 10.9. The smallest absolute Gasteiger partial charge is 0.419 e. The summed E-state index contributed by atoms with van der Waals surface area (Å²) in [7, 11) is 1.45. The molecule has 0 saturated heterocycles. The molecule has 0 atom stereocenters. The lowest BCUT2D eigenvalue weighted by Gasteiger charge is -2.19. The van der Waals surface area contributed by atoms with Crippen LogP contribution in [0.25, 0.3) is 0 Å². The van der Waals surface area contributed by atoms with Crippen LogP contribution in [0.15, 0.2) is 35.9 Å². The van der Waals surface area contributed by atoms with Crippen molar-refractivity contribution in [3.8, 4) is 11.5 Å². The summed E-state index contributed by atoms with van der Waals surface area (Å²) < 4.78 is 54.9. The molecule has 8 nitrogen and oxygen atoms in total. The number of carbonyl (C=O) groups is 3. The molecule has 3 rings (SSSR count). The van der Waals surface area contributed by atoms with Crippen molar-refractivity contribution in [3.63, 3.8) is 0 Å². The van der Waals surface area contributed by atoms with E-state index in [1.54, 1.807) is 19.9 Å². The number of halogens is 3. The maximum Gasteiger partial charge on any atom is 0.419 e. The number of alkyl halides is 3. The number of anilines is 1. The van der Waals surface area contributed by atoms with Crippen molar-refractivity contribution < 1.29 is 41.8 Å². The quantitative estimate of drug-likeness (QED) is 0.294. The number of amides is 2. The van der Waals surface area contributed by atoms with Gasteiger partial charge < -0.3 is 25.3 Å². The van der Waals surface area contributed by atoms with Gasteiger partial charge in [-0.25, -0.2) is 9.59 Å². The van der Waals surface area contributed by atoms with Gasteiger partial charge in [0.2, 0.25) is 0 Å². The van der Waals surface area contributed by atoms with Crippen LogP contribution in [0.4, 0.5) is 23.7 Å². The summed E-state index contributed by atoms with van der Waals surface area (Å²) in [5, 5.41) is 2.49. The third-order valence-electron chi connectivity index (χ3n) is 5.72. The second-order valence-corrected chi connectivity index (χ2v) is 8.15. The number of benzene rings is 2. The molecule has 2 aromatic rings. The Morgan fingerprint density at radius 2 is 1.92 bits per heavy atom. The van der Waals surface area contributed by atoms with Crippen LogP contribution < -0.4 is 20.5 Å². The number of methoxy groups -OCH3 is 1. The highest BCUT2D eigenvalue weighted by Gasteiger charge is 2.35. The summed E-state index contributed by atoms with van der Waals surface area (Å²) in [6.07, 6.45) is -2.64. The number of esters is 2. The lowest BCUT2D eigenvalue weighted by molar-refractivity contribution is -0.142. The third-order valence-corrected chi connectivity index (χ3v) is 5.72. The van der Waals surface area contributed by atoms with Gasteiger partial charge in [-0.2, -0.15) is 13.2 Å². The van der Waals surface area contributed by atoms with Crippen molar-refractivity contribution in [1.29, 1.82) is 0 Å². The number of para-hydroxylation sites is 1. The van der Waals surface area contributed by atoms with E-state index in [0.29, 0.717) is 22.4 Å². The molecule has 0 aromatic heterocycles. The second kappa shape index (κ2) is 10.7. The van der Waals surface area contributed by atoms with E-state index in [1.807, 2.05) is 0 Å². The molecule has 0 aliphatic carbocycles. The largest absolute Gasteiger partial charge is 0.496 e. The molecule has 0 radical (unpaired) electrons. The van der Waals surface area contributed by atoms with Crippen LogP contribution in [-0.2, 0) is 28.7 Å². The minimum atomic E-state index is -4.65. The zero-order valence-corrected chi connectivity index (χ0v) is 19.9. The molecule has 0 saturated carbocycles. The van der Waals surface area contributed by atoms with Crippen LogP contribution in [0.5, 0.6) is 11.5 Å². The van der Waals surface area contributed by atoms with E-state index in [-0.39, 0.29) is 37.1 Å². The molecule has 0 spiro atoms. The number of rotatable bonds is 8. The van der Waals surface area contributed by atoms with Crippen molar-refractivity contribution in [2.45, 2.75) is 45.9 Å². The highest BCUT2D eigenvalue weighted by molar-refractivity contribution is 6.05. The molecule has 0 fully saturated rings. The highest BCUT2D eigenvalue weighted by atomic mass is 19.4. The van der Waals surface area contributed by atoms with Crippen molar-refractivity contribution >= 4 is 23.7 Å². The van der Waals surface area contributed by atoms with Gasteiger partial charge in [-0.05, 0) is 44.4 Å². The van der Waals surface area contributed by atoms with Gasteiger partial charge in [0.15, 0.2) is 0 Å². The van der Waals surface area contributed by atoms with Crippen LogP contribution in [0.2, 0.25) is 0 Å². The van der Waals surface area contributed by atoms with E-state index < -0.39 is 35.5 Å². The van der Waals surface area contributed by atoms with Crippen molar-refractivity contribution in [2.75, 3.05) is 12.4 Å². The number of ether oxygens (including phenoxy) is 3. The molecular formula is C25H25F3N2O6. The van der Waals surface area contributed by atoms with Crippen molar-refractivity contribution in [2.24, 2.45) is 5.73 Å². The Kier molecular flexibility index (Phi) is 7.91. The van der Waals surface area contributed by atoms with E-state index >= 15 is 0 Å². The molecule has 3 N–H and O–H groups in total. The normalized spacial score (nSPS) is 13.2. The van der Waals surface area contributed by atoms with Gasteiger partial charge >= 0.3 is 24.1 Å². The van der Waals surface area contributed by atoms with Crippen LogP contribution in [0, 0.1) is 6.92 Å². The Bertz CT molecular complexity index is 1240. The third kappa shape index (κ3) is 5.78. The lowest BCUT2D eigenvalue weighted by Crippen LogP contribution is -2.22. The number of primary amides is 1. The van der Waals surface area contributed by atoms with Crippen LogP contribution in [0.1, 0.15) is 52.4 Å². The van der Waals surface area contributed by atoms with Gasteiger partial charge in [-0.3, -0.25) is 4.79 Å². The van der Waals surface area contributed by atoms with Gasteiger partial charge in [0.1, 0.15) is 18.1 Å². The summed E-state index contributed by atoms with van der Waals surface area (Å²) in [5.41, 5.74) is 7.18. The number of nitrogens with two attached hydrogens (primary N) is 1. The topological polar surface area (TPSA) is 117 Å².